The van der Waals surface area contributed by atoms with Gasteiger partial charge in [0.05, 0.1) is 19.1 Å². The molecule has 68 valence electrons. The summed E-state index contributed by atoms with van der Waals surface area (Å²) in [6.45, 7) is 0.612. The SMILES string of the molecule is O=C1OCCCC1C/C=C\CO. The van der Waals surface area contributed by atoms with Crippen molar-refractivity contribution >= 4 is 5.97 Å². The highest BCUT2D eigenvalue weighted by Gasteiger charge is 2.22. The summed E-state index contributed by atoms with van der Waals surface area (Å²) in [6.07, 6.45) is 6.05. The topological polar surface area (TPSA) is 46.5 Å². The van der Waals surface area contributed by atoms with Crippen LogP contribution in [0.1, 0.15) is 19.3 Å². The third-order valence-electron chi connectivity index (χ3n) is 1.97. The van der Waals surface area contributed by atoms with E-state index in [1.165, 1.54) is 0 Å². The molecule has 1 heterocycles. The van der Waals surface area contributed by atoms with E-state index in [0.29, 0.717) is 13.0 Å². The molecular weight excluding hydrogens is 156 g/mol. The maximum absolute atomic E-state index is 11.1. The minimum atomic E-state index is -0.0937. The smallest absolute Gasteiger partial charge is 0.309 e. The van der Waals surface area contributed by atoms with Crippen molar-refractivity contribution in [3.8, 4) is 0 Å². The van der Waals surface area contributed by atoms with E-state index in [9.17, 15) is 4.79 Å². The highest BCUT2D eigenvalue weighted by Crippen LogP contribution is 2.18. The van der Waals surface area contributed by atoms with Crippen molar-refractivity contribution < 1.29 is 14.6 Å². The standard InChI is InChI=1S/C9H14O3/c10-6-2-1-4-8-5-3-7-12-9(8)11/h1-2,8,10H,3-7H2/b2-1-. The second-order valence-corrected chi connectivity index (χ2v) is 2.90. The van der Waals surface area contributed by atoms with Gasteiger partial charge >= 0.3 is 5.97 Å². The van der Waals surface area contributed by atoms with E-state index in [-0.39, 0.29) is 18.5 Å². The van der Waals surface area contributed by atoms with Crippen molar-refractivity contribution in [1.29, 1.82) is 0 Å². The summed E-state index contributed by atoms with van der Waals surface area (Å²) in [7, 11) is 0. The first-order chi connectivity index (χ1) is 5.84. The number of carbonyl (C=O) groups excluding carboxylic acids is 1. The first-order valence-electron chi connectivity index (χ1n) is 4.27. The van der Waals surface area contributed by atoms with Crippen LogP contribution in [-0.2, 0) is 9.53 Å². The maximum atomic E-state index is 11.1. The molecule has 0 bridgehead atoms. The van der Waals surface area contributed by atoms with Gasteiger partial charge in [-0.1, -0.05) is 12.2 Å². The number of esters is 1. The molecule has 1 unspecified atom stereocenters. The Morgan fingerprint density at radius 3 is 3.08 bits per heavy atom. The highest BCUT2D eigenvalue weighted by molar-refractivity contribution is 5.73. The molecule has 12 heavy (non-hydrogen) atoms. The van der Waals surface area contributed by atoms with Gasteiger partial charge in [0.2, 0.25) is 0 Å². The van der Waals surface area contributed by atoms with Gasteiger partial charge in [0.15, 0.2) is 0 Å². The molecule has 0 spiro atoms. The summed E-state index contributed by atoms with van der Waals surface area (Å²) in [4.78, 5) is 11.1. The van der Waals surface area contributed by atoms with Gasteiger partial charge in [-0.3, -0.25) is 4.79 Å². The predicted octanol–water partition coefficient (Wildman–Crippen LogP) is 0.878. The van der Waals surface area contributed by atoms with E-state index in [1.54, 1.807) is 6.08 Å². The lowest BCUT2D eigenvalue weighted by atomic mass is 9.98. The first kappa shape index (κ1) is 9.26. The zero-order valence-corrected chi connectivity index (χ0v) is 7.03. The van der Waals surface area contributed by atoms with E-state index in [0.717, 1.165) is 12.8 Å². The zero-order valence-electron chi connectivity index (χ0n) is 7.03. The Kier molecular flexibility index (Phi) is 3.80. The molecule has 1 aliphatic heterocycles. The molecule has 0 aliphatic carbocycles. The molecular formula is C9H14O3. The Hall–Kier alpha value is -0.830. The van der Waals surface area contributed by atoms with Gasteiger partial charge in [-0.2, -0.15) is 0 Å². The fourth-order valence-electron chi connectivity index (χ4n) is 1.29. The van der Waals surface area contributed by atoms with E-state index in [2.05, 4.69) is 0 Å². The van der Waals surface area contributed by atoms with Crippen molar-refractivity contribution in [3.05, 3.63) is 12.2 Å². The molecule has 0 radical (unpaired) electrons. The van der Waals surface area contributed by atoms with Gasteiger partial charge < -0.3 is 9.84 Å². The number of allylic oxidation sites excluding steroid dienone is 1. The van der Waals surface area contributed by atoms with Crippen LogP contribution in [0.15, 0.2) is 12.2 Å². The molecule has 3 nitrogen and oxygen atoms in total. The van der Waals surface area contributed by atoms with Gasteiger partial charge in [-0.15, -0.1) is 0 Å². The normalized spacial score (nSPS) is 24.4. The minimum Gasteiger partial charge on any atom is -0.465 e. The lowest BCUT2D eigenvalue weighted by molar-refractivity contribution is -0.152. The molecule has 1 saturated heterocycles. The molecule has 3 heteroatoms. The summed E-state index contributed by atoms with van der Waals surface area (Å²) in [6, 6.07) is 0. The van der Waals surface area contributed by atoms with E-state index >= 15 is 0 Å². The number of aliphatic hydroxyl groups is 1. The fraction of sp³-hybridized carbons (Fsp3) is 0.667. The average molecular weight is 170 g/mol. The number of carbonyl (C=O) groups is 1. The fourth-order valence-corrected chi connectivity index (χ4v) is 1.29. The summed E-state index contributed by atoms with van der Waals surface area (Å²) < 4.78 is 4.89. The summed E-state index contributed by atoms with van der Waals surface area (Å²) in [5.74, 6) is -0.0783. The van der Waals surface area contributed by atoms with Gasteiger partial charge in [0.25, 0.3) is 0 Å². The Morgan fingerprint density at radius 1 is 1.58 bits per heavy atom. The largest absolute Gasteiger partial charge is 0.465 e. The zero-order chi connectivity index (χ0) is 8.81. The van der Waals surface area contributed by atoms with Crippen molar-refractivity contribution in [1.82, 2.24) is 0 Å². The van der Waals surface area contributed by atoms with Crippen LogP contribution in [0.4, 0.5) is 0 Å². The minimum absolute atomic E-state index is 0.0153. The van der Waals surface area contributed by atoms with Crippen molar-refractivity contribution in [3.63, 3.8) is 0 Å². The molecule has 0 saturated carbocycles. The predicted molar refractivity (Wildman–Crippen MR) is 44.5 cm³/mol. The number of ether oxygens (including phenoxy) is 1. The van der Waals surface area contributed by atoms with Crippen LogP contribution in [0.2, 0.25) is 0 Å². The molecule has 1 rings (SSSR count). The van der Waals surface area contributed by atoms with Crippen LogP contribution in [0.3, 0.4) is 0 Å². The summed E-state index contributed by atoms with van der Waals surface area (Å²) in [5.41, 5.74) is 0. The van der Waals surface area contributed by atoms with Crippen LogP contribution in [0, 0.1) is 5.92 Å². The second kappa shape index (κ2) is 4.93. The van der Waals surface area contributed by atoms with Gasteiger partial charge in [0, 0.05) is 0 Å². The average Bonchev–Trinajstić information content (AvgIpc) is 2.09. The quantitative estimate of drug-likeness (QED) is 0.505. The molecule has 1 aliphatic rings. The molecule has 0 aromatic carbocycles. The second-order valence-electron chi connectivity index (χ2n) is 2.90. The number of aliphatic hydroxyl groups excluding tert-OH is 1. The Morgan fingerprint density at radius 2 is 2.42 bits per heavy atom. The lowest BCUT2D eigenvalue weighted by Gasteiger charge is -2.19. The Labute approximate surface area is 72.0 Å². The van der Waals surface area contributed by atoms with E-state index < -0.39 is 0 Å². The van der Waals surface area contributed by atoms with E-state index in [4.69, 9.17) is 9.84 Å². The van der Waals surface area contributed by atoms with Crippen LogP contribution in [0.25, 0.3) is 0 Å². The molecule has 1 fully saturated rings. The number of rotatable bonds is 3. The lowest BCUT2D eigenvalue weighted by Crippen LogP contribution is -2.23. The maximum Gasteiger partial charge on any atom is 0.309 e. The summed E-state index contributed by atoms with van der Waals surface area (Å²) in [5, 5.41) is 8.46. The van der Waals surface area contributed by atoms with Crippen LogP contribution in [0.5, 0.6) is 0 Å². The number of cyclic esters (lactones) is 1. The van der Waals surface area contributed by atoms with Crippen LogP contribution >= 0.6 is 0 Å². The first-order valence-corrected chi connectivity index (χ1v) is 4.27. The highest BCUT2D eigenvalue weighted by atomic mass is 16.5. The van der Waals surface area contributed by atoms with Crippen molar-refractivity contribution in [2.45, 2.75) is 19.3 Å². The monoisotopic (exact) mass is 170 g/mol. The molecule has 1 atom stereocenters. The molecule has 0 amide bonds. The number of hydrogen-bond acceptors (Lipinski definition) is 3. The third kappa shape index (κ3) is 2.66. The molecule has 1 N–H and O–H groups in total. The van der Waals surface area contributed by atoms with Gasteiger partial charge in [-0.25, -0.2) is 0 Å². The molecule has 0 aromatic rings. The summed E-state index contributed by atoms with van der Waals surface area (Å²) >= 11 is 0. The van der Waals surface area contributed by atoms with Crippen molar-refractivity contribution in [2.75, 3.05) is 13.2 Å². The third-order valence-corrected chi connectivity index (χ3v) is 1.97. The Bertz CT molecular complexity index is 175. The molecule has 0 aromatic heterocycles. The van der Waals surface area contributed by atoms with Crippen LogP contribution in [-0.4, -0.2) is 24.3 Å². The van der Waals surface area contributed by atoms with Gasteiger partial charge in [0.1, 0.15) is 0 Å². The van der Waals surface area contributed by atoms with Crippen LogP contribution < -0.4 is 0 Å². The number of hydrogen-bond donors (Lipinski definition) is 1. The van der Waals surface area contributed by atoms with Crippen molar-refractivity contribution in [2.24, 2.45) is 5.92 Å². The Balaban J connectivity index is 2.29. The van der Waals surface area contributed by atoms with Gasteiger partial charge in [-0.05, 0) is 19.3 Å². The van der Waals surface area contributed by atoms with E-state index in [1.807, 2.05) is 6.08 Å².